The standard InChI is InChI=1S/C5H8O2.C3H9N.H2O4S/c1-3-4(2)5(6)7;1-4(2)3;1-5(2,3)4/h2-3H2,1H3,(H,6,7);1-3H3;(H2,1,2,3,4). The smallest absolute Gasteiger partial charge is 0.394 e. The summed E-state index contributed by atoms with van der Waals surface area (Å²) in [5.74, 6) is -0.900. The van der Waals surface area contributed by atoms with E-state index < -0.39 is 16.4 Å². The topological polar surface area (TPSA) is 115 Å². The first-order valence-corrected chi connectivity index (χ1v) is 5.53. The molecular weight excluding hydrogens is 238 g/mol. The molecule has 0 aromatic carbocycles. The highest BCUT2D eigenvalue weighted by Crippen LogP contribution is 1.93. The molecule has 0 unspecified atom stereocenters. The minimum Gasteiger partial charge on any atom is -0.478 e. The molecule has 0 aromatic heterocycles. The van der Waals surface area contributed by atoms with Gasteiger partial charge in [-0.15, -0.1) is 0 Å². The fourth-order valence-corrected chi connectivity index (χ4v) is 0.151. The molecule has 0 bridgehead atoms. The van der Waals surface area contributed by atoms with Crippen LogP contribution in [0.15, 0.2) is 12.2 Å². The number of carboxylic acid groups (broad SMARTS) is 1. The van der Waals surface area contributed by atoms with E-state index in [0.29, 0.717) is 6.42 Å². The molecule has 8 heteroatoms. The molecule has 0 heterocycles. The molecule has 0 amide bonds. The Kier molecular flexibility index (Phi) is 13.5. The monoisotopic (exact) mass is 257 g/mol. The van der Waals surface area contributed by atoms with Gasteiger partial charge in [0.05, 0.1) is 0 Å². The first-order valence-electron chi connectivity index (χ1n) is 4.13. The van der Waals surface area contributed by atoms with Gasteiger partial charge in [0.2, 0.25) is 0 Å². The Morgan fingerprint density at radius 2 is 1.44 bits per heavy atom. The maximum absolute atomic E-state index is 9.83. The van der Waals surface area contributed by atoms with E-state index >= 15 is 0 Å². The van der Waals surface area contributed by atoms with Crippen LogP contribution in [0.4, 0.5) is 0 Å². The van der Waals surface area contributed by atoms with Crippen LogP contribution in [-0.2, 0) is 15.2 Å². The Hall–Kier alpha value is -0.960. The molecule has 16 heavy (non-hydrogen) atoms. The molecule has 0 fully saturated rings. The summed E-state index contributed by atoms with van der Waals surface area (Å²) in [6, 6.07) is 0. The predicted molar refractivity (Wildman–Crippen MR) is 60.9 cm³/mol. The van der Waals surface area contributed by atoms with E-state index in [9.17, 15) is 4.79 Å². The van der Waals surface area contributed by atoms with E-state index in [4.69, 9.17) is 22.6 Å². The molecule has 0 saturated carbocycles. The normalized spacial score (nSPS) is 9.44. The average Bonchev–Trinajstić information content (AvgIpc) is 1.98. The third-order valence-corrected chi connectivity index (χ3v) is 0.729. The summed E-state index contributed by atoms with van der Waals surface area (Å²) < 4.78 is 31.6. The Morgan fingerprint density at radius 3 is 1.44 bits per heavy atom. The Bertz CT molecular complexity index is 285. The van der Waals surface area contributed by atoms with Crippen LogP contribution >= 0.6 is 0 Å². The van der Waals surface area contributed by atoms with Crippen molar-refractivity contribution in [3.63, 3.8) is 0 Å². The van der Waals surface area contributed by atoms with Gasteiger partial charge in [-0.2, -0.15) is 8.42 Å². The lowest BCUT2D eigenvalue weighted by atomic mass is 10.2. The summed E-state index contributed by atoms with van der Waals surface area (Å²) in [5, 5.41) is 8.08. The van der Waals surface area contributed by atoms with Gasteiger partial charge in [0.25, 0.3) is 0 Å². The van der Waals surface area contributed by atoms with Crippen LogP contribution in [0.5, 0.6) is 0 Å². The number of carbonyl (C=O) groups is 1. The highest BCUT2D eigenvalue weighted by Gasteiger charge is 1.96. The van der Waals surface area contributed by atoms with Crippen molar-refractivity contribution in [2.75, 3.05) is 21.1 Å². The molecule has 0 aliphatic carbocycles. The van der Waals surface area contributed by atoms with Crippen LogP contribution in [0.3, 0.4) is 0 Å². The Balaban J connectivity index is -0.000000166. The molecule has 0 atom stereocenters. The fraction of sp³-hybridized carbons (Fsp3) is 0.625. The summed E-state index contributed by atoms with van der Waals surface area (Å²) in [5.41, 5.74) is 0.264. The molecule has 0 aliphatic rings. The third kappa shape index (κ3) is 74.4. The van der Waals surface area contributed by atoms with Gasteiger partial charge >= 0.3 is 16.4 Å². The molecule has 0 radical (unpaired) electrons. The van der Waals surface area contributed by atoms with Gasteiger partial charge in [0.1, 0.15) is 0 Å². The fourth-order valence-electron chi connectivity index (χ4n) is 0.151. The molecule has 0 saturated heterocycles. The lowest BCUT2D eigenvalue weighted by Crippen LogP contribution is -1.99. The van der Waals surface area contributed by atoms with Crippen molar-refractivity contribution in [3.8, 4) is 0 Å². The minimum atomic E-state index is -4.67. The number of carboxylic acids is 1. The van der Waals surface area contributed by atoms with E-state index in [2.05, 4.69) is 6.58 Å². The number of hydrogen-bond donors (Lipinski definition) is 3. The van der Waals surface area contributed by atoms with Crippen LogP contribution in [-0.4, -0.2) is 54.6 Å². The van der Waals surface area contributed by atoms with Gasteiger partial charge in [-0.25, -0.2) is 4.79 Å². The zero-order chi connectivity index (χ0) is 13.9. The number of aliphatic carboxylic acids is 1. The van der Waals surface area contributed by atoms with Gasteiger partial charge in [0, 0.05) is 5.57 Å². The van der Waals surface area contributed by atoms with Gasteiger partial charge in [-0.05, 0) is 27.6 Å². The molecule has 3 N–H and O–H groups in total. The first kappa shape index (κ1) is 20.5. The highest BCUT2D eigenvalue weighted by molar-refractivity contribution is 7.79. The van der Waals surface area contributed by atoms with Crippen molar-refractivity contribution in [2.45, 2.75) is 13.3 Å². The first-order chi connectivity index (χ1) is 6.91. The van der Waals surface area contributed by atoms with E-state index in [1.165, 1.54) is 0 Å². The summed E-state index contributed by atoms with van der Waals surface area (Å²) in [6.07, 6.45) is 0.523. The van der Waals surface area contributed by atoms with E-state index in [1.54, 1.807) is 6.92 Å². The third-order valence-electron chi connectivity index (χ3n) is 0.729. The minimum absolute atomic E-state index is 0.264. The van der Waals surface area contributed by atoms with Crippen molar-refractivity contribution in [2.24, 2.45) is 0 Å². The van der Waals surface area contributed by atoms with Gasteiger partial charge in [-0.1, -0.05) is 13.5 Å². The van der Waals surface area contributed by atoms with Crippen LogP contribution < -0.4 is 0 Å². The van der Waals surface area contributed by atoms with Gasteiger partial charge in [0.15, 0.2) is 0 Å². The van der Waals surface area contributed by atoms with E-state index in [0.717, 1.165) is 0 Å². The van der Waals surface area contributed by atoms with Crippen molar-refractivity contribution >= 4 is 16.4 Å². The summed E-state index contributed by atoms with van der Waals surface area (Å²) in [6.45, 7) is 5.03. The summed E-state index contributed by atoms with van der Waals surface area (Å²) in [4.78, 5) is 11.8. The van der Waals surface area contributed by atoms with Crippen molar-refractivity contribution in [1.29, 1.82) is 0 Å². The van der Waals surface area contributed by atoms with Gasteiger partial charge < -0.3 is 10.0 Å². The quantitative estimate of drug-likeness (QED) is 0.489. The van der Waals surface area contributed by atoms with E-state index in [1.807, 2.05) is 26.0 Å². The Morgan fingerprint density at radius 1 is 1.25 bits per heavy atom. The average molecular weight is 257 g/mol. The molecular formula is C8H19NO6S. The lowest BCUT2D eigenvalue weighted by molar-refractivity contribution is -0.132. The second-order valence-corrected chi connectivity index (χ2v) is 3.95. The highest BCUT2D eigenvalue weighted by atomic mass is 32.3. The van der Waals surface area contributed by atoms with Crippen molar-refractivity contribution in [3.05, 3.63) is 12.2 Å². The zero-order valence-electron chi connectivity index (χ0n) is 9.84. The summed E-state index contributed by atoms with van der Waals surface area (Å²) >= 11 is 0. The predicted octanol–water partition coefficient (Wildman–Crippen LogP) is 0.562. The molecule has 0 spiro atoms. The van der Waals surface area contributed by atoms with Crippen molar-refractivity contribution in [1.82, 2.24) is 4.90 Å². The molecule has 98 valence electrons. The second-order valence-electron chi connectivity index (χ2n) is 3.05. The summed E-state index contributed by atoms with van der Waals surface area (Å²) in [7, 11) is 1.33. The van der Waals surface area contributed by atoms with Crippen LogP contribution in [0.2, 0.25) is 0 Å². The lowest BCUT2D eigenvalue weighted by Gasteiger charge is -1.90. The zero-order valence-corrected chi connectivity index (χ0v) is 10.7. The molecule has 0 aromatic rings. The SMILES string of the molecule is C=C(CC)C(=O)O.CN(C)C.O=S(=O)(O)O. The molecule has 0 rings (SSSR count). The van der Waals surface area contributed by atoms with Crippen LogP contribution in [0.25, 0.3) is 0 Å². The molecule has 7 nitrogen and oxygen atoms in total. The van der Waals surface area contributed by atoms with Crippen molar-refractivity contribution < 1.29 is 27.4 Å². The van der Waals surface area contributed by atoms with Gasteiger partial charge in [-0.3, -0.25) is 9.11 Å². The maximum Gasteiger partial charge on any atom is 0.394 e. The van der Waals surface area contributed by atoms with Crippen LogP contribution in [0.1, 0.15) is 13.3 Å². The number of rotatable bonds is 2. The largest absolute Gasteiger partial charge is 0.478 e. The molecule has 0 aliphatic heterocycles. The number of hydrogen-bond acceptors (Lipinski definition) is 4. The second kappa shape index (κ2) is 10.6. The maximum atomic E-state index is 9.83. The van der Waals surface area contributed by atoms with E-state index in [-0.39, 0.29) is 5.57 Å². The number of nitrogens with zero attached hydrogens (tertiary/aromatic N) is 1. The Labute approximate surface area is 96.0 Å². The van der Waals surface area contributed by atoms with Crippen LogP contribution in [0, 0.1) is 0 Å².